The zero-order valence-corrected chi connectivity index (χ0v) is 12.9. The van der Waals surface area contributed by atoms with Crippen molar-refractivity contribution in [2.75, 3.05) is 0 Å². The van der Waals surface area contributed by atoms with E-state index in [1.54, 1.807) is 17.8 Å². The molecule has 0 radical (unpaired) electrons. The summed E-state index contributed by atoms with van der Waals surface area (Å²) in [4.78, 5) is 12.6. The summed E-state index contributed by atoms with van der Waals surface area (Å²) in [5, 5.41) is 10.6. The average Bonchev–Trinajstić information content (AvgIpc) is 2.41. The number of rotatable bonds is 4. The first-order valence-electron chi connectivity index (χ1n) is 6.19. The average molecular weight is 307 g/mol. The molecule has 4 heteroatoms. The number of carbonyl (C=O) groups excluding carboxylic acids is 1. The predicted octanol–water partition coefficient (Wildman–Crippen LogP) is 4.85. The van der Waals surface area contributed by atoms with Crippen molar-refractivity contribution >= 4 is 29.1 Å². The van der Waals surface area contributed by atoms with Crippen LogP contribution in [0.1, 0.15) is 28.4 Å². The Morgan fingerprint density at radius 2 is 1.90 bits per heavy atom. The van der Waals surface area contributed by atoms with Crippen molar-refractivity contribution in [3.63, 3.8) is 0 Å². The molecule has 0 fully saturated rings. The molecule has 20 heavy (non-hydrogen) atoms. The Morgan fingerprint density at radius 3 is 2.50 bits per heavy atom. The number of hydrogen-bond donors (Lipinski definition) is 1. The van der Waals surface area contributed by atoms with Gasteiger partial charge in [-0.25, -0.2) is 0 Å². The summed E-state index contributed by atoms with van der Waals surface area (Å²) in [6, 6.07) is 11.4. The lowest BCUT2D eigenvalue weighted by atomic mass is 10.1. The van der Waals surface area contributed by atoms with Gasteiger partial charge in [0.15, 0.2) is 5.78 Å². The van der Waals surface area contributed by atoms with Gasteiger partial charge in [0.2, 0.25) is 0 Å². The minimum atomic E-state index is -0.188. The number of Topliss-reactive ketones (excluding diaryl/α,β-unsaturated/α-hetero) is 1. The number of hydrogen-bond acceptors (Lipinski definition) is 3. The lowest BCUT2D eigenvalue weighted by Gasteiger charge is -2.09. The molecule has 0 aliphatic carbocycles. The van der Waals surface area contributed by atoms with E-state index in [4.69, 9.17) is 11.6 Å². The maximum absolute atomic E-state index is 11.5. The number of carbonyl (C=O) groups is 1. The Kier molecular flexibility index (Phi) is 4.73. The summed E-state index contributed by atoms with van der Waals surface area (Å²) in [6.45, 7) is 3.46. The van der Waals surface area contributed by atoms with Crippen LogP contribution in [0.2, 0.25) is 5.02 Å². The van der Waals surface area contributed by atoms with E-state index in [-0.39, 0.29) is 17.1 Å². The summed E-state index contributed by atoms with van der Waals surface area (Å²) in [7, 11) is 0. The van der Waals surface area contributed by atoms with Crippen molar-refractivity contribution in [3.05, 3.63) is 58.1 Å². The molecule has 0 saturated carbocycles. The van der Waals surface area contributed by atoms with Gasteiger partial charge < -0.3 is 5.11 Å². The Labute approximate surface area is 127 Å². The molecule has 0 spiro atoms. The van der Waals surface area contributed by atoms with Crippen LogP contribution in [0.5, 0.6) is 5.75 Å². The molecule has 0 heterocycles. The van der Waals surface area contributed by atoms with Gasteiger partial charge in [-0.3, -0.25) is 4.79 Å². The molecule has 104 valence electrons. The highest BCUT2D eigenvalue weighted by Crippen LogP contribution is 2.32. The van der Waals surface area contributed by atoms with Crippen molar-refractivity contribution < 1.29 is 9.90 Å². The van der Waals surface area contributed by atoms with E-state index in [9.17, 15) is 9.90 Å². The largest absolute Gasteiger partial charge is 0.507 e. The molecule has 0 unspecified atom stereocenters. The standard InChI is InChI=1S/C16H15ClO2S/c1-10-3-5-14(6-4-10)20-9-12-7-13(17)8-15(11(2)18)16(12)19/h3-8,19H,9H2,1-2H3. The Bertz CT molecular complexity index is 636. The van der Waals surface area contributed by atoms with Crippen molar-refractivity contribution in [2.24, 2.45) is 0 Å². The van der Waals surface area contributed by atoms with Crippen LogP contribution in [-0.4, -0.2) is 10.9 Å². The third-order valence-corrected chi connectivity index (χ3v) is 4.23. The van der Waals surface area contributed by atoms with Crippen LogP contribution < -0.4 is 0 Å². The summed E-state index contributed by atoms with van der Waals surface area (Å²) >= 11 is 7.59. The predicted molar refractivity (Wildman–Crippen MR) is 83.9 cm³/mol. The normalized spacial score (nSPS) is 10.6. The molecule has 2 nitrogen and oxygen atoms in total. The molecule has 0 aliphatic rings. The maximum Gasteiger partial charge on any atom is 0.163 e. The van der Waals surface area contributed by atoms with E-state index < -0.39 is 0 Å². The second kappa shape index (κ2) is 6.33. The lowest BCUT2D eigenvalue weighted by molar-refractivity contribution is 0.101. The SMILES string of the molecule is CC(=O)c1cc(Cl)cc(CSc2ccc(C)cc2)c1O. The van der Waals surface area contributed by atoms with E-state index >= 15 is 0 Å². The minimum Gasteiger partial charge on any atom is -0.507 e. The maximum atomic E-state index is 11.5. The second-order valence-electron chi connectivity index (χ2n) is 4.62. The van der Waals surface area contributed by atoms with Gasteiger partial charge in [0.05, 0.1) is 5.56 Å². The Hall–Kier alpha value is -1.45. The van der Waals surface area contributed by atoms with Gasteiger partial charge in [0, 0.05) is 21.2 Å². The lowest BCUT2D eigenvalue weighted by Crippen LogP contribution is -1.96. The molecule has 0 atom stereocenters. The van der Waals surface area contributed by atoms with Crippen molar-refractivity contribution in [3.8, 4) is 5.75 Å². The number of aryl methyl sites for hydroxylation is 1. The number of thioether (sulfide) groups is 1. The fraction of sp³-hybridized carbons (Fsp3) is 0.188. The van der Waals surface area contributed by atoms with Crippen LogP contribution in [-0.2, 0) is 5.75 Å². The molecular formula is C16H15ClO2S. The fourth-order valence-electron chi connectivity index (χ4n) is 1.83. The molecule has 2 aromatic rings. The first kappa shape index (κ1) is 14.9. The number of benzene rings is 2. The van der Waals surface area contributed by atoms with Crippen LogP contribution in [0.3, 0.4) is 0 Å². The van der Waals surface area contributed by atoms with E-state index in [1.807, 2.05) is 31.2 Å². The molecule has 0 aliphatic heterocycles. The van der Waals surface area contributed by atoms with E-state index in [0.29, 0.717) is 16.3 Å². The smallest absolute Gasteiger partial charge is 0.163 e. The number of halogens is 1. The van der Waals surface area contributed by atoms with E-state index in [0.717, 1.165) is 4.90 Å². The number of phenols is 1. The highest BCUT2D eigenvalue weighted by atomic mass is 35.5. The van der Waals surface area contributed by atoms with Gasteiger partial charge in [-0.15, -0.1) is 11.8 Å². The summed E-state index contributed by atoms with van der Waals surface area (Å²) in [5.41, 5.74) is 2.16. The van der Waals surface area contributed by atoms with Crippen LogP contribution in [0, 0.1) is 6.92 Å². The third kappa shape index (κ3) is 3.56. The van der Waals surface area contributed by atoms with Gasteiger partial charge in [-0.05, 0) is 38.1 Å². The number of phenolic OH excluding ortho intramolecular Hbond substituents is 1. The Morgan fingerprint density at radius 1 is 1.25 bits per heavy atom. The zero-order valence-electron chi connectivity index (χ0n) is 11.3. The zero-order chi connectivity index (χ0) is 14.7. The highest BCUT2D eigenvalue weighted by molar-refractivity contribution is 7.98. The summed E-state index contributed by atoms with van der Waals surface area (Å²) < 4.78 is 0. The van der Waals surface area contributed by atoms with Gasteiger partial charge in [-0.1, -0.05) is 29.3 Å². The number of aromatic hydroxyl groups is 1. The van der Waals surface area contributed by atoms with E-state index in [2.05, 4.69) is 0 Å². The highest BCUT2D eigenvalue weighted by Gasteiger charge is 2.13. The van der Waals surface area contributed by atoms with Crippen molar-refractivity contribution in [2.45, 2.75) is 24.5 Å². The molecule has 0 bridgehead atoms. The second-order valence-corrected chi connectivity index (χ2v) is 6.10. The fourth-order valence-corrected chi connectivity index (χ4v) is 2.94. The quantitative estimate of drug-likeness (QED) is 0.648. The molecule has 2 aromatic carbocycles. The third-order valence-electron chi connectivity index (χ3n) is 2.95. The first-order chi connectivity index (χ1) is 9.47. The summed E-state index contributed by atoms with van der Waals surface area (Å²) in [6.07, 6.45) is 0. The Balaban J connectivity index is 2.21. The van der Waals surface area contributed by atoms with Crippen molar-refractivity contribution in [1.82, 2.24) is 0 Å². The topological polar surface area (TPSA) is 37.3 Å². The van der Waals surface area contributed by atoms with Gasteiger partial charge in [0.25, 0.3) is 0 Å². The molecule has 2 rings (SSSR count). The minimum absolute atomic E-state index is 0.0292. The molecule has 1 N–H and O–H groups in total. The van der Waals surface area contributed by atoms with Crippen LogP contribution in [0.4, 0.5) is 0 Å². The van der Waals surface area contributed by atoms with Gasteiger partial charge in [-0.2, -0.15) is 0 Å². The van der Waals surface area contributed by atoms with E-state index in [1.165, 1.54) is 18.6 Å². The monoisotopic (exact) mass is 306 g/mol. The van der Waals surface area contributed by atoms with Crippen LogP contribution in [0.25, 0.3) is 0 Å². The van der Waals surface area contributed by atoms with Crippen molar-refractivity contribution in [1.29, 1.82) is 0 Å². The number of ketones is 1. The van der Waals surface area contributed by atoms with Crippen LogP contribution >= 0.6 is 23.4 Å². The molecule has 0 amide bonds. The molecular weight excluding hydrogens is 292 g/mol. The van der Waals surface area contributed by atoms with Gasteiger partial charge in [0.1, 0.15) is 5.75 Å². The summed E-state index contributed by atoms with van der Waals surface area (Å²) in [5.74, 6) is 0.406. The first-order valence-corrected chi connectivity index (χ1v) is 7.55. The van der Waals surface area contributed by atoms with Gasteiger partial charge >= 0.3 is 0 Å². The van der Waals surface area contributed by atoms with Crippen LogP contribution in [0.15, 0.2) is 41.3 Å². The molecule has 0 saturated heterocycles. The molecule has 0 aromatic heterocycles.